The molecule has 4 nitrogen and oxygen atoms in total. The predicted octanol–water partition coefficient (Wildman–Crippen LogP) is 3.52. The molecule has 0 bridgehead atoms. The normalized spacial score (nSPS) is 12.6. The molecule has 2 aromatic carbocycles. The number of esters is 1. The fraction of sp³-hybridized carbons (Fsp3) is 0.333. The summed E-state index contributed by atoms with van der Waals surface area (Å²) in [4.78, 5) is 23.9. The molecule has 1 aliphatic rings. The first-order valence-electron chi connectivity index (χ1n) is 8.64. The Morgan fingerprint density at radius 3 is 2.60 bits per heavy atom. The van der Waals surface area contributed by atoms with Crippen LogP contribution in [0, 0.1) is 13.8 Å². The molecule has 0 saturated carbocycles. The van der Waals surface area contributed by atoms with E-state index < -0.39 is 0 Å². The number of carbonyl (C=O) groups excluding carboxylic acids is 2. The molecule has 1 N–H and O–H groups in total. The lowest BCUT2D eigenvalue weighted by atomic mass is 10.0. The average Bonchev–Trinajstić information content (AvgIpc) is 3.04. The van der Waals surface area contributed by atoms with Gasteiger partial charge in [-0.15, -0.1) is 0 Å². The highest BCUT2D eigenvalue weighted by Gasteiger charge is 2.13. The zero-order valence-electron chi connectivity index (χ0n) is 14.7. The maximum Gasteiger partial charge on any atom is 0.310 e. The lowest BCUT2D eigenvalue weighted by molar-refractivity contribution is -0.146. The number of benzene rings is 2. The summed E-state index contributed by atoms with van der Waals surface area (Å²) in [7, 11) is 0. The van der Waals surface area contributed by atoms with Gasteiger partial charge in [-0.1, -0.05) is 24.3 Å². The summed E-state index contributed by atoms with van der Waals surface area (Å²) in [6.07, 6.45) is 3.58. The summed E-state index contributed by atoms with van der Waals surface area (Å²) in [5.74, 6) is -0.709. The van der Waals surface area contributed by atoms with Crippen LogP contribution in [0.15, 0.2) is 36.4 Å². The van der Waals surface area contributed by atoms with Crippen LogP contribution in [0.1, 0.15) is 34.2 Å². The fourth-order valence-electron chi connectivity index (χ4n) is 3.12. The monoisotopic (exact) mass is 337 g/mol. The van der Waals surface area contributed by atoms with Gasteiger partial charge in [0.2, 0.25) is 0 Å². The van der Waals surface area contributed by atoms with Crippen LogP contribution in [-0.4, -0.2) is 18.5 Å². The van der Waals surface area contributed by atoms with E-state index >= 15 is 0 Å². The molecule has 1 aliphatic carbocycles. The second-order valence-electron chi connectivity index (χ2n) is 6.64. The van der Waals surface area contributed by atoms with Crippen LogP contribution in [0.3, 0.4) is 0 Å². The Morgan fingerprint density at radius 1 is 1.00 bits per heavy atom. The Morgan fingerprint density at radius 2 is 1.80 bits per heavy atom. The van der Waals surface area contributed by atoms with Gasteiger partial charge in [0.05, 0.1) is 6.42 Å². The number of carbonyl (C=O) groups is 2. The van der Waals surface area contributed by atoms with E-state index in [4.69, 9.17) is 4.74 Å². The Labute approximate surface area is 148 Å². The van der Waals surface area contributed by atoms with Crippen LogP contribution in [0.2, 0.25) is 0 Å². The topological polar surface area (TPSA) is 55.4 Å². The Bertz CT molecular complexity index is 811. The Kier molecular flexibility index (Phi) is 5.17. The van der Waals surface area contributed by atoms with Gasteiger partial charge in [-0.2, -0.15) is 0 Å². The number of amides is 1. The van der Waals surface area contributed by atoms with E-state index in [-0.39, 0.29) is 24.9 Å². The lowest BCUT2D eigenvalue weighted by Gasteiger charge is -2.09. The van der Waals surface area contributed by atoms with Gasteiger partial charge in [0.1, 0.15) is 0 Å². The van der Waals surface area contributed by atoms with E-state index in [0.717, 1.165) is 24.0 Å². The van der Waals surface area contributed by atoms with Crippen LogP contribution in [-0.2, 0) is 33.6 Å². The van der Waals surface area contributed by atoms with Gasteiger partial charge in [0.15, 0.2) is 6.61 Å². The van der Waals surface area contributed by atoms with Crippen LogP contribution >= 0.6 is 0 Å². The van der Waals surface area contributed by atoms with Gasteiger partial charge in [-0.3, -0.25) is 9.59 Å². The van der Waals surface area contributed by atoms with E-state index in [1.807, 2.05) is 38.1 Å². The minimum absolute atomic E-state index is 0.199. The van der Waals surface area contributed by atoms with E-state index in [9.17, 15) is 9.59 Å². The number of hydrogen-bond donors (Lipinski definition) is 1. The molecule has 130 valence electrons. The summed E-state index contributed by atoms with van der Waals surface area (Å²) >= 11 is 0. The zero-order valence-corrected chi connectivity index (χ0v) is 14.7. The number of aryl methyl sites for hydroxylation is 4. The third kappa shape index (κ3) is 4.47. The number of anilines is 1. The second-order valence-corrected chi connectivity index (χ2v) is 6.64. The van der Waals surface area contributed by atoms with Gasteiger partial charge < -0.3 is 10.1 Å². The molecule has 0 heterocycles. The molecule has 25 heavy (non-hydrogen) atoms. The molecule has 0 spiro atoms. The molecule has 0 unspecified atom stereocenters. The van der Waals surface area contributed by atoms with Crippen LogP contribution in [0.25, 0.3) is 0 Å². The van der Waals surface area contributed by atoms with Crippen molar-refractivity contribution in [3.63, 3.8) is 0 Å². The summed E-state index contributed by atoms with van der Waals surface area (Å²) in [5.41, 5.74) is 6.64. The molecule has 0 atom stereocenters. The van der Waals surface area contributed by atoms with Crippen molar-refractivity contribution in [1.29, 1.82) is 0 Å². The number of rotatable bonds is 5. The van der Waals surface area contributed by atoms with E-state index in [1.54, 1.807) is 0 Å². The lowest BCUT2D eigenvalue weighted by Crippen LogP contribution is -2.21. The van der Waals surface area contributed by atoms with E-state index in [0.29, 0.717) is 5.69 Å². The van der Waals surface area contributed by atoms with Gasteiger partial charge in [-0.25, -0.2) is 0 Å². The standard InChI is InChI=1S/C21H23NO3/c1-14-6-9-19(10-15(14)2)22-20(23)13-25-21(24)12-16-7-8-17-4-3-5-18(17)11-16/h6-11H,3-5,12-13H2,1-2H3,(H,22,23). The molecular weight excluding hydrogens is 314 g/mol. The zero-order chi connectivity index (χ0) is 17.8. The molecule has 1 amide bonds. The number of ether oxygens (including phenoxy) is 1. The van der Waals surface area contributed by atoms with Crippen molar-refractivity contribution in [2.45, 2.75) is 39.5 Å². The first-order chi connectivity index (χ1) is 12.0. The van der Waals surface area contributed by atoms with Crippen molar-refractivity contribution in [2.24, 2.45) is 0 Å². The first-order valence-corrected chi connectivity index (χ1v) is 8.64. The molecule has 3 rings (SSSR count). The van der Waals surface area contributed by atoms with Gasteiger partial charge in [0, 0.05) is 5.69 Å². The molecule has 0 aromatic heterocycles. The molecule has 0 aliphatic heterocycles. The van der Waals surface area contributed by atoms with Gasteiger partial charge in [0.25, 0.3) is 5.91 Å². The number of hydrogen-bond acceptors (Lipinski definition) is 3. The minimum atomic E-state index is -0.381. The smallest absolute Gasteiger partial charge is 0.310 e. The highest BCUT2D eigenvalue weighted by atomic mass is 16.5. The minimum Gasteiger partial charge on any atom is -0.455 e. The largest absolute Gasteiger partial charge is 0.455 e. The molecule has 0 radical (unpaired) electrons. The van der Waals surface area contributed by atoms with Crippen molar-refractivity contribution in [3.8, 4) is 0 Å². The van der Waals surface area contributed by atoms with Crippen LogP contribution < -0.4 is 5.32 Å². The molecule has 2 aromatic rings. The SMILES string of the molecule is Cc1ccc(NC(=O)COC(=O)Cc2ccc3c(c2)CCC3)cc1C. The van der Waals surface area contributed by atoms with Crippen molar-refractivity contribution in [1.82, 2.24) is 0 Å². The fourth-order valence-corrected chi connectivity index (χ4v) is 3.12. The highest BCUT2D eigenvalue weighted by Crippen LogP contribution is 2.23. The van der Waals surface area contributed by atoms with E-state index in [2.05, 4.69) is 17.4 Å². The van der Waals surface area contributed by atoms with Crippen molar-refractivity contribution >= 4 is 17.6 Å². The number of fused-ring (bicyclic) bond motifs is 1. The average molecular weight is 337 g/mol. The molecule has 4 heteroatoms. The maximum atomic E-state index is 12.0. The third-order valence-corrected chi connectivity index (χ3v) is 4.67. The Balaban J connectivity index is 1.48. The Hall–Kier alpha value is -2.62. The molecule has 0 fully saturated rings. The van der Waals surface area contributed by atoms with E-state index in [1.165, 1.54) is 23.1 Å². The highest BCUT2D eigenvalue weighted by molar-refractivity contribution is 5.93. The summed E-state index contributed by atoms with van der Waals surface area (Å²) < 4.78 is 5.10. The van der Waals surface area contributed by atoms with Gasteiger partial charge >= 0.3 is 5.97 Å². The molecule has 0 saturated heterocycles. The molecular formula is C21H23NO3. The summed E-state index contributed by atoms with van der Waals surface area (Å²) in [6.45, 7) is 3.74. The predicted molar refractivity (Wildman–Crippen MR) is 97.7 cm³/mol. The van der Waals surface area contributed by atoms with Crippen molar-refractivity contribution in [2.75, 3.05) is 11.9 Å². The van der Waals surface area contributed by atoms with Crippen molar-refractivity contribution < 1.29 is 14.3 Å². The maximum absolute atomic E-state index is 12.0. The van der Waals surface area contributed by atoms with Crippen LogP contribution in [0.5, 0.6) is 0 Å². The third-order valence-electron chi connectivity index (χ3n) is 4.67. The van der Waals surface area contributed by atoms with Crippen molar-refractivity contribution in [3.05, 3.63) is 64.2 Å². The van der Waals surface area contributed by atoms with Gasteiger partial charge in [-0.05, 0) is 73.1 Å². The first kappa shape index (κ1) is 17.2. The van der Waals surface area contributed by atoms with Crippen LogP contribution in [0.4, 0.5) is 5.69 Å². The quantitative estimate of drug-likeness (QED) is 0.850. The summed E-state index contributed by atoms with van der Waals surface area (Å²) in [6, 6.07) is 11.8. The summed E-state index contributed by atoms with van der Waals surface area (Å²) in [5, 5.41) is 2.75. The second kappa shape index (κ2) is 7.51. The number of nitrogens with one attached hydrogen (secondary N) is 1.